The van der Waals surface area contributed by atoms with Gasteiger partial charge in [0.25, 0.3) is 0 Å². The summed E-state index contributed by atoms with van der Waals surface area (Å²) < 4.78 is 10.7. The van der Waals surface area contributed by atoms with Crippen LogP contribution in [0.3, 0.4) is 0 Å². The van der Waals surface area contributed by atoms with Gasteiger partial charge >= 0.3 is 0 Å². The number of hydrogen-bond donors (Lipinski definition) is 1. The van der Waals surface area contributed by atoms with E-state index in [0.29, 0.717) is 16.9 Å². The van der Waals surface area contributed by atoms with Gasteiger partial charge in [-0.2, -0.15) is 0 Å². The molecule has 3 nitrogen and oxygen atoms in total. The van der Waals surface area contributed by atoms with Crippen LogP contribution in [-0.2, 0) is 0 Å². The molecule has 0 aliphatic heterocycles. The summed E-state index contributed by atoms with van der Waals surface area (Å²) in [7, 11) is 3.36. The minimum Gasteiger partial charge on any atom is -0.493 e. The number of anilines is 1. The van der Waals surface area contributed by atoms with Crippen molar-refractivity contribution in [1.29, 1.82) is 0 Å². The zero-order valence-electron chi connectivity index (χ0n) is 13.8. The molecule has 1 aromatic rings. The van der Waals surface area contributed by atoms with Gasteiger partial charge in [-0.05, 0) is 48.1 Å². The van der Waals surface area contributed by atoms with Crippen molar-refractivity contribution in [2.45, 2.75) is 46.1 Å². The molecule has 0 aromatic heterocycles. The van der Waals surface area contributed by atoms with Crippen LogP contribution in [0.25, 0.3) is 0 Å². The number of hydrogen-bond acceptors (Lipinski definition) is 3. The van der Waals surface area contributed by atoms with Crippen LogP contribution in [0.15, 0.2) is 18.2 Å². The minimum atomic E-state index is 0.347. The van der Waals surface area contributed by atoms with Crippen LogP contribution in [0.4, 0.5) is 5.69 Å². The van der Waals surface area contributed by atoms with E-state index < -0.39 is 0 Å². The molecule has 3 rings (SSSR count). The summed E-state index contributed by atoms with van der Waals surface area (Å²) in [6, 6.07) is 6.63. The second-order valence-corrected chi connectivity index (χ2v) is 7.56. The number of nitrogens with one attached hydrogen (secondary N) is 1. The molecule has 1 N–H and O–H groups in total. The van der Waals surface area contributed by atoms with Crippen molar-refractivity contribution in [1.82, 2.24) is 0 Å². The Labute approximate surface area is 128 Å². The normalized spacial score (nSPS) is 33.0. The molecule has 0 spiro atoms. The largest absolute Gasteiger partial charge is 0.493 e. The predicted molar refractivity (Wildman–Crippen MR) is 86.2 cm³/mol. The van der Waals surface area contributed by atoms with Crippen LogP contribution in [0, 0.1) is 16.7 Å². The summed E-state index contributed by atoms with van der Waals surface area (Å²) in [5, 5.41) is 3.79. The molecule has 116 valence electrons. The second kappa shape index (κ2) is 4.82. The van der Waals surface area contributed by atoms with E-state index in [-0.39, 0.29) is 0 Å². The van der Waals surface area contributed by atoms with E-state index in [1.54, 1.807) is 14.2 Å². The van der Waals surface area contributed by atoms with Crippen LogP contribution in [0.2, 0.25) is 0 Å². The summed E-state index contributed by atoms with van der Waals surface area (Å²) in [5.74, 6) is 2.41. The first kappa shape index (κ1) is 14.6. The third-order valence-electron chi connectivity index (χ3n) is 5.96. The molecule has 2 aliphatic rings. The monoisotopic (exact) mass is 289 g/mol. The Morgan fingerprint density at radius 1 is 1.10 bits per heavy atom. The molecule has 3 atom stereocenters. The quantitative estimate of drug-likeness (QED) is 0.895. The molecule has 2 saturated carbocycles. The molecule has 1 aromatic carbocycles. The van der Waals surface area contributed by atoms with Gasteiger partial charge in [0.1, 0.15) is 0 Å². The van der Waals surface area contributed by atoms with Crippen molar-refractivity contribution in [2.75, 3.05) is 19.5 Å². The van der Waals surface area contributed by atoms with Crippen LogP contribution < -0.4 is 14.8 Å². The number of methoxy groups -OCH3 is 2. The van der Waals surface area contributed by atoms with Gasteiger partial charge in [-0.15, -0.1) is 0 Å². The summed E-state index contributed by atoms with van der Waals surface area (Å²) in [5.41, 5.74) is 1.89. The van der Waals surface area contributed by atoms with Crippen LogP contribution in [0.5, 0.6) is 11.5 Å². The summed E-state index contributed by atoms with van der Waals surface area (Å²) in [6.07, 6.45) is 4.07. The fraction of sp³-hybridized carbons (Fsp3) is 0.667. The van der Waals surface area contributed by atoms with E-state index in [4.69, 9.17) is 9.47 Å². The van der Waals surface area contributed by atoms with Crippen LogP contribution in [0.1, 0.15) is 40.0 Å². The Kier molecular flexibility index (Phi) is 3.34. The molecule has 21 heavy (non-hydrogen) atoms. The van der Waals surface area contributed by atoms with Crippen molar-refractivity contribution in [3.8, 4) is 11.5 Å². The molecular formula is C18H27NO2. The van der Waals surface area contributed by atoms with Gasteiger partial charge in [0.15, 0.2) is 11.5 Å². The van der Waals surface area contributed by atoms with E-state index >= 15 is 0 Å². The molecule has 0 radical (unpaired) electrons. The highest BCUT2D eigenvalue weighted by Crippen LogP contribution is 2.63. The molecule has 2 bridgehead atoms. The highest BCUT2D eigenvalue weighted by atomic mass is 16.5. The number of benzene rings is 1. The minimum absolute atomic E-state index is 0.347. The molecule has 2 fully saturated rings. The predicted octanol–water partition coefficient (Wildman–Crippen LogP) is 4.33. The van der Waals surface area contributed by atoms with Crippen molar-refractivity contribution in [3.05, 3.63) is 18.2 Å². The molecule has 0 amide bonds. The first-order valence-electron chi connectivity index (χ1n) is 7.89. The maximum absolute atomic E-state index is 5.42. The van der Waals surface area contributed by atoms with Gasteiger partial charge in [0, 0.05) is 17.8 Å². The van der Waals surface area contributed by atoms with E-state index in [2.05, 4.69) is 32.2 Å². The molecular weight excluding hydrogens is 262 g/mol. The fourth-order valence-electron chi connectivity index (χ4n) is 4.75. The molecule has 0 saturated heterocycles. The van der Waals surface area contributed by atoms with E-state index in [1.807, 2.05) is 12.1 Å². The van der Waals surface area contributed by atoms with Crippen molar-refractivity contribution in [3.63, 3.8) is 0 Å². The Morgan fingerprint density at radius 3 is 2.38 bits per heavy atom. The highest BCUT2D eigenvalue weighted by Gasteiger charge is 2.59. The highest BCUT2D eigenvalue weighted by molar-refractivity contribution is 5.56. The molecule has 3 heteroatoms. The smallest absolute Gasteiger partial charge is 0.162 e. The average Bonchev–Trinajstić information content (AvgIpc) is 2.94. The zero-order valence-corrected chi connectivity index (χ0v) is 13.8. The van der Waals surface area contributed by atoms with Crippen molar-refractivity contribution in [2.24, 2.45) is 16.7 Å². The number of ether oxygens (including phenoxy) is 2. The third kappa shape index (κ3) is 2.18. The maximum atomic E-state index is 5.42. The summed E-state index contributed by atoms with van der Waals surface area (Å²) >= 11 is 0. The first-order valence-corrected chi connectivity index (χ1v) is 7.89. The van der Waals surface area contributed by atoms with E-state index in [0.717, 1.165) is 23.1 Å². The van der Waals surface area contributed by atoms with Crippen molar-refractivity contribution >= 4 is 5.69 Å². The Bertz CT molecular complexity index is 535. The molecule has 1 unspecified atom stereocenters. The van der Waals surface area contributed by atoms with Gasteiger partial charge in [-0.3, -0.25) is 0 Å². The standard InChI is InChI=1S/C18H27NO2/c1-17(2)12-8-9-18(3,11-12)16(17)19-13-6-7-14(20-4)15(10-13)21-5/h6-7,10,12,16,19H,8-9,11H2,1-5H3/t12-,16?,18+/m0/s1. The lowest BCUT2D eigenvalue weighted by Gasteiger charge is -2.43. The van der Waals surface area contributed by atoms with Crippen molar-refractivity contribution < 1.29 is 9.47 Å². The maximum Gasteiger partial charge on any atom is 0.162 e. The van der Waals surface area contributed by atoms with Gasteiger partial charge in [-0.1, -0.05) is 20.8 Å². The Balaban J connectivity index is 1.87. The van der Waals surface area contributed by atoms with E-state index in [1.165, 1.54) is 19.3 Å². The lowest BCUT2D eigenvalue weighted by atomic mass is 9.68. The second-order valence-electron chi connectivity index (χ2n) is 7.56. The topological polar surface area (TPSA) is 30.5 Å². The molecule has 2 aliphatic carbocycles. The summed E-state index contributed by atoms with van der Waals surface area (Å²) in [4.78, 5) is 0. The van der Waals surface area contributed by atoms with Crippen LogP contribution >= 0.6 is 0 Å². The van der Waals surface area contributed by atoms with Gasteiger partial charge in [0.05, 0.1) is 14.2 Å². The van der Waals surface area contributed by atoms with Crippen LogP contribution in [-0.4, -0.2) is 20.3 Å². The first-order chi connectivity index (χ1) is 9.90. The molecule has 0 heterocycles. The lowest BCUT2D eigenvalue weighted by molar-refractivity contribution is 0.155. The number of rotatable bonds is 4. The Hall–Kier alpha value is -1.38. The zero-order chi connectivity index (χ0) is 15.3. The van der Waals surface area contributed by atoms with Gasteiger partial charge < -0.3 is 14.8 Å². The fourth-order valence-corrected chi connectivity index (χ4v) is 4.75. The average molecular weight is 289 g/mol. The Morgan fingerprint density at radius 2 is 1.81 bits per heavy atom. The van der Waals surface area contributed by atoms with Gasteiger partial charge in [-0.25, -0.2) is 0 Å². The van der Waals surface area contributed by atoms with Gasteiger partial charge in [0.2, 0.25) is 0 Å². The SMILES string of the molecule is COc1ccc(NC2C(C)(C)[C@H]3CC[C@]2(C)C3)cc1OC. The lowest BCUT2D eigenvalue weighted by Crippen LogP contribution is -2.45. The van der Waals surface area contributed by atoms with E-state index in [9.17, 15) is 0 Å². The summed E-state index contributed by atoms with van der Waals surface area (Å²) in [6.45, 7) is 7.28. The number of fused-ring (bicyclic) bond motifs is 2. The third-order valence-corrected chi connectivity index (χ3v) is 5.96.